The molecule has 1 N–H and O–H groups in total. The lowest BCUT2D eigenvalue weighted by Gasteiger charge is -2.11. The SMILES string of the molecule is COC(=O)c1ccc(C)c(OCC(=O)NCCSc2ccc(C)cc2)c1. The number of rotatable bonds is 8. The lowest BCUT2D eigenvalue weighted by molar-refractivity contribution is -0.122. The van der Waals surface area contributed by atoms with Crippen molar-refractivity contribution < 1.29 is 19.1 Å². The van der Waals surface area contributed by atoms with Crippen LogP contribution in [0.15, 0.2) is 47.4 Å². The number of methoxy groups -OCH3 is 1. The molecule has 0 radical (unpaired) electrons. The summed E-state index contributed by atoms with van der Waals surface area (Å²) in [6, 6.07) is 13.3. The zero-order valence-corrected chi connectivity index (χ0v) is 16.0. The van der Waals surface area contributed by atoms with E-state index in [1.165, 1.54) is 17.6 Å². The maximum absolute atomic E-state index is 11.9. The lowest BCUT2D eigenvalue weighted by atomic mass is 10.1. The van der Waals surface area contributed by atoms with Crippen LogP contribution in [0.4, 0.5) is 0 Å². The third-order valence-electron chi connectivity index (χ3n) is 3.68. The minimum Gasteiger partial charge on any atom is -0.483 e. The molecule has 0 bridgehead atoms. The van der Waals surface area contributed by atoms with Crippen LogP contribution in [-0.4, -0.2) is 37.9 Å². The number of nitrogens with one attached hydrogen (secondary N) is 1. The Balaban J connectivity index is 1.74. The summed E-state index contributed by atoms with van der Waals surface area (Å²) in [5.41, 5.74) is 2.47. The van der Waals surface area contributed by atoms with E-state index in [1.807, 2.05) is 6.92 Å². The first-order valence-corrected chi connectivity index (χ1v) is 9.26. The predicted octanol–water partition coefficient (Wildman–Crippen LogP) is 3.38. The minimum atomic E-state index is -0.438. The molecule has 0 aliphatic heterocycles. The number of esters is 1. The van der Waals surface area contributed by atoms with Crippen LogP contribution >= 0.6 is 11.8 Å². The first kappa shape index (κ1) is 19.8. The summed E-state index contributed by atoms with van der Waals surface area (Å²) < 4.78 is 10.2. The standard InChI is InChI=1S/C20H23NO4S/c1-14-4-8-17(9-5-14)26-11-10-21-19(22)13-25-18-12-16(20(23)24-3)7-6-15(18)2/h4-9,12H,10-11,13H2,1-3H3,(H,21,22). The van der Waals surface area contributed by atoms with E-state index in [4.69, 9.17) is 4.74 Å². The summed E-state index contributed by atoms with van der Waals surface area (Å²) in [5, 5.41) is 2.83. The highest BCUT2D eigenvalue weighted by atomic mass is 32.2. The Kier molecular flexibility index (Phi) is 7.53. The summed E-state index contributed by atoms with van der Waals surface area (Å²) in [7, 11) is 1.32. The van der Waals surface area contributed by atoms with Crippen molar-refractivity contribution >= 4 is 23.6 Å². The molecule has 0 unspecified atom stereocenters. The summed E-state index contributed by atoms with van der Waals surface area (Å²) >= 11 is 1.69. The Bertz CT molecular complexity index is 759. The first-order valence-electron chi connectivity index (χ1n) is 8.27. The van der Waals surface area contributed by atoms with Gasteiger partial charge in [-0.2, -0.15) is 0 Å². The van der Waals surface area contributed by atoms with Gasteiger partial charge in [0.25, 0.3) is 5.91 Å². The van der Waals surface area contributed by atoms with Crippen LogP contribution in [0.2, 0.25) is 0 Å². The number of carbonyl (C=O) groups excluding carboxylic acids is 2. The van der Waals surface area contributed by atoms with E-state index in [0.717, 1.165) is 11.3 Å². The van der Waals surface area contributed by atoms with Crippen molar-refractivity contribution in [3.8, 4) is 5.75 Å². The second-order valence-electron chi connectivity index (χ2n) is 5.77. The van der Waals surface area contributed by atoms with Crippen LogP contribution in [0.25, 0.3) is 0 Å². The van der Waals surface area contributed by atoms with Gasteiger partial charge in [-0.3, -0.25) is 4.79 Å². The van der Waals surface area contributed by atoms with Crippen molar-refractivity contribution in [2.75, 3.05) is 26.0 Å². The van der Waals surface area contributed by atoms with Crippen molar-refractivity contribution in [2.45, 2.75) is 18.7 Å². The molecule has 138 valence electrons. The molecule has 0 aliphatic carbocycles. The number of carbonyl (C=O) groups is 2. The predicted molar refractivity (Wildman–Crippen MR) is 103 cm³/mol. The van der Waals surface area contributed by atoms with Crippen LogP contribution in [-0.2, 0) is 9.53 Å². The monoisotopic (exact) mass is 373 g/mol. The van der Waals surface area contributed by atoms with Crippen molar-refractivity contribution in [2.24, 2.45) is 0 Å². The normalized spacial score (nSPS) is 10.3. The van der Waals surface area contributed by atoms with Crippen molar-refractivity contribution in [1.82, 2.24) is 5.32 Å². The maximum Gasteiger partial charge on any atom is 0.337 e. The molecular formula is C20H23NO4S. The third kappa shape index (κ3) is 6.11. The highest BCUT2D eigenvalue weighted by molar-refractivity contribution is 7.99. The maximum atomic E-state index is 11.9. The minimum absolute atomic E-state index is 0.0966. The summed E-state index contributed by atoms with van der Waals surface area (Å²) in [5.74, 6) is 0.646. The number of hydrogen-bond acceptors (Lipinski definition) is 5. The molecule has 0 fully saturated rings. The average molecular weight is 373 g/mol. The highest BCUT2D eigenvalue weighted by Gasteiger charge is 2.10. The van der Waals surface area contributed by atoms with Gasteiger partial charge >= 0.3 is 5.97 Å². The molecule has 0 spiro atoms. The smallest absolute Gasteiger partial charge is 0.337 e. The largest absolute Gasteiger partial charge is 0.483 e. The van der Waals surface area contributed by atoms with Crippen LogP contribution < -0.4 is 10.1 Å². The van der Waals surface area contributed by atoms with Gasteiger partial charge < -0.3 is 14.8 Å². The van der Waals surface area contributed by atoms with E-state index < -0.39 is 5.97 Å². The van der Waals surface area contributed by atoms with Gasteiger partial charge in [-0.15, -0.1) is 11.8 Å². The number of thioether (sulfide) groups is 1. The van der Waals surface area contributed by atoms with Gasteiger partial charge in [0, 0.05) is 17.2 Å². The van der Waals surface area contributed by atoms with E-state index in [-0.39, 0.29) is 12.5 Å². The van der Waals surface area contributed by atoms with E-state index in [0.29, 0.717) is 17.9 Å². The molecule has 5 nitrogen and oxygen atoms in total. The molecule has 0 saturated carbocycles. The number of aryl methyl sites for hydroxylation is 2. The van der Waals surface area contributed by atoms with Crippen LogP contribution in [0, 0.1) is 13.8 Å². The Morgan fingerprint density at radius 2 is 1.81 bits per heavy atom. The van der Waals surface area contributed by atoms with Crippen molar-refractivity contribution in [1.29, 1.82) is 0 Å². The lowest BCUT2D eigenvalue weighted by Crippen LogP contribution is -2.30. The van der Waals surface area contributed by atoms with Crippen LogP contribution in [0.1, 0.15) is 21.5 Å². The molecule has 26 heavy (non-hydrogen) atoms. The van der Waals surface area contributed by atoms with Crippen molar-refractivity contribution in [3.05, 3.63) is 59.2 Å². The molecule has 6 heteroatoms. The second kappa shape index (κ2) is 9.87. The Labute approximate surface area is 158 Å². The fourth-order valence-electron chi connectivity index (χ4n) is 2.19. The van der Waals surface area contributed by atoms with Crippen LogP contribution in [0.3, 0.4) is 0 Å². The van der Waals surface area contributed by atoms with E-state index in [1.54, 1.807) is 30.0 Å². The van der Waals surface area contributed by atoms with Gasteiger partial charge in [0.1, 0.15) is 5.75 Å². The zero-order chi connectivity index (χ0) is 18.9. The van der Waals surface area contributed by atoms with Crippen molar-refractivity contribution in [3.63, 3.8) is 0 Å². The molecule has 2 aromatic carbocycles. The fraction of sp³-hybridized carbons (Fsp3) is 0.300. The third-order valence-corrected chi connectivity index (χ3v) is 4.70. The molecule has 1 amide bonds. The van der Waals surface area contributed by atoms with Gasteiger partial charge in [0.2, 0.25) is 0 Å². The molecule has 2 aromatic rings. The molecule has 0 aromatic heterocycles. The Morgan fingerprint density at radius 3 is 2.50 bits per heavy atom. The highest BCUT2D eigenvalue weighted by Crippen LogP contribution is 2.20. The molecule has 0 heterocycles. The number of ether oxygens (including phenoxy) is 2. The van der Waals surface area contributed by atoms with Gasteiger partial charge in [-0.05, 0) is 43.7 Å². The number of amides is 1. The average Bonchev–Trinajstić information content (AvgIpc) is 2.65. The second-order valence-corrected chi connectivity index (χ2v) is 6.94. The van der Waals surface area contributed by atoms with E-state index >= 15 is 0 Å². The molecule has 0 aliphatic rings. The molecular weight excluding hydrogens is 350 g/mol. The van der Waals surface area contributed by atoms with E-state index in [9.17, 15) is 9.59 Å². The Hall–Kier alpha value is -2.47. The quantitative estimate of drug-likeness (QED) is 0.437. The zero-order valence-electron chi connectivity index (χ0n) is 15.2. The summed E-state index contributed by atoms with van der Waals surface area (Å²) in [6.45, 7) is 4.37. The van der Waals surface area contributed by atoms with Crippen LogP contribution in [0.5, 0.6) is 5.75 Å². The molecule has 2 rings (SSSR count). The molecule has 0 saturated heterocycles. The van der Waals surface area contributed by atoms with Gasteiger partial charge in [-0.25, -0.2) is 4.79 Å². The number of benzene rings is 2. The van der Waals surface area contributed by atoms with Gasteiger partial charge in [0.05, 0.1) is 12.7 Å². The van der Waals surface area contributed by atoms with Gasteiger partial charge in [0.15, 0.2) is 6.61 Å². The number of hydrogen-bond donors (Lipinski definition) is 1. The topological polar surface area (TPSA) is 64.6 Å². The van der Waals surface area contributed by atoms with Gasteiger partial charge in [-0.1, -0.05) is 23.8 Å². The fourth-order valence-corrected chi connectivity index (χ4v) is 2.96. The summed E-state index contributed by atoms with van der Waals surface area (Å²) in [4.78, 5) is 24.7. The Morgan fingerprint density at radius 1 is 1.08 bits per heavy atom. The first-order chi connectivity index (χ1) is 12.5. The molecule has 0 atom stereocenters. The van der Waals surface area contributed by atoms with E-state index in [2.05, 4.69) is 41.2 Å². The summed E-state index contributed by atoms with van der Waals surface area (Å²) in [6.07, 6.45) is 0.